The lowest BCUT2D eigenvalue weighted by molar-refractivity contribution is -0.387. The number of nitro benzene ring substituents is 1. The fourth-order valence-corrected chi connectivity index (χ4v) is 4.59. The van der Waals surface area contributed by atoms with Gasteiger partial charge in [-0.15, -0.1) is 0 Å². The Bertz CT molecular complexity index is 1050. The molecule has 1 amide bonds. The number of carbonyl (C=O) groups excluding carboxylic acids is 1. The number of anilines is 1. The Labute approximate surface area is 165 Å². The van der Waals surface area contributed by atoms with Gasteiger partial charge in [0.05, 0.1) is 20.4 Å². The average Bonchev–Trinajstić information content (AvgIpc) is 3.18. The number of carbonyl (C=O) groups is 1. The first-order valence-corrected chi connectivity index (χ1v) is 10.1. The predicted octanol–water partition coefficient (Wildman–Crippen LogP) is 3.42. The topological polar surface area (TPSA) is 110 Å². The number of nitrogens with zero attached hydrogens (tertiary/aromatic N) is 2. The van der Waals surface area contributed by atoms with Crippen LogP contribution in [0.25, 0.3) is 0 Å². The Morgan fingerprint density at radius 2 is 1.86 bits per heavy atom. The molecule has 0 atom stereocenters. The lowest BCUT2D eigenvalue weighted by Crippen LogP contribution is -2.28. The van der Waals surface area contributed by atoms with E-state index in [9.17, 15) is 27.7 Å². The minimum atomic E-state index is -3.75. The summed E-state index contributed by atoms with van der Waals surface area (Å²) in [5, 5.41) is 13.2. The van der Waals surface area contributed by atoms with Crippen LogP contribution in [0.1, 0.15) is 23.2 Å². The second-order valence-corrected chi connectivity index (χ2v) is 8.48. The molecule has 0 aliphatic carbocycles. The van der Waals surface area contributed by atoms with E-state index < -0.39 is 32.4 Å². The quantitative estimate of drug-likeness (QED) is 0.580. The van der Waals surface area contributed by atoms with Crippen molar-refractivity contribution < 1.29 is 22.5 Å². The molecule has 0 radical (unpaired) electrons. The van der Waals surface area contributed by atoms with Gasteiger partial charge in [0.2, 0.25) is 15.8 Å². The first kappa shape index (κ1) is 20.2. The van der Waals surface area contributed by atoms with Gasteiger partial charge in [-0.2, -0.15) is 8.70 Å². The number of rotatable bonds is 5. The highest BCUT2D eigenvalue weighted by Gasteiger charge is 2.28. The summed E-state index contributed by atoms with van der Waals surface area (Å²) in [4.78, 5) is 22.4. The van der Waals surface area contributed by atoms with Crippen molar-refractivity contribution in [2.45, 2.75) is 17.7 Å². The molecule has 11 heteroatoms. The lowest BCUT2D eigenvalue weighted by Gasteiger charge is -2.16. The van der Waals surface area contributed by atoms with Crippen LogP contribution in [0, 0.1) is 15.9 Å². The molecule has 2 aromatic carbocycles. The molecule has 1 saturated heterocycles. The van der Waals surface area contributed by atoms with E-state index in [4.69, 9.17) is 11.6 Å². The highest BCUT2D eigenvalue weighted by Crippen LogP contribution is 2.27. The number of amides is 1. The lowest BCUT2D eigenvalue weighted by atomic mass is 10.2. The summed E-state index contributed by atoms with van der Waals surface area (Å²) in [7, 11) is -3.75. The molecule has 28 heavy (non-hydrogen) atoms. The number of hydrogen-bond acceptors (Lipinski definition) is 5. The molecule has 1 N–H and O–H groups in total. The van der Waals surface area contributed by atoms with Gasteiger partial charge < -0.3 is 5.32 Å². The number of nitro groups is 1. The third-order valence-electron chi connectivity index (χ3n) is 4.29. The van der Waals surface area contributed by atoms with Crippen LogP contribution in [0.15, 0.2) is 41.3 Å². The van der Waals surface area contributed by atoms with Crippen molar-refractivity contribution in [3.8, 4) is 0 Å². The van der Waals surface area contributed by atoms with Gasteiger partial charge in [-0.25, -0.2) is 8.42 Å². The molecule has 0 unspecified atom stereocenters. The summed E-state index contributed by atoms with van der Waals surface area (Å²) in [5.41, 5.74) is -0.940. The maximum atomic E-state index is 13.4. The monoisotopic (exact) mass is 427 g/mol. The highest BCUT2D eigenvalue weighted by molar-refractivity contribution is 7.89. The Balaban J connectivity index is 1.90. The summed E-state index contributed by atoms with van der Waals surface area (Å²) in [6, 6.07) is 6.64. The van der Waals surface area contributed by atoms with E-state index in [2.05, 4.69) is 5.32 Å². The third kappa shape index (κ3) is 3.98. The first-order chi connectivity index (χ1) is 13.2. The van der Waals surface area contributed by atoms with Crippen LogP contribution in [0.4, 0.5) is 15.8 Å². The van der Waals surface area contributed by atoms with Gasteiger partial charge in [0.25, 0.3) is 5.91 Å². The largest absolute Gasteiger partial charge is 0.322 e. The highest BCUT2D eigenvalue weighted by atomic mass is 35.5. The predicted molar refractivity (Wildman–Crippen MR) is 100 cm³/mol. The van der Waals surface area contributed by atoms with Crippen molar-refractivity contribution in [1.29, 1.82) is 0 Å². The molecule has 0 spiro atoms. The van der Waals surface area contributed by atoms with Crippen LogP contribution >= 0.6 is 11.6 Å². The Morgan fingerprint density at radius 1 is 1.18 bits per heavy atom. The Hall–Kier alpha value is -2.56. The Kier molecular flexibility index (Phi) is 5.64. The normalized spacial score (nSPS) is 14.8. The second kappa shape index (κ2) is 7.82. The zero-order valence-electron chi connectivity index (χ0n) is 14.4. The fourth-order valence-electron chi connectivity index (χ4n) is 2.85. The maximum absolute atomic E-state index is 13.4. The molecule has 1 aliphatic rings. The molecular weight excluding hydrogens is 413 g/mol. The first-order valence-electron chi connectivity index (χ1n) is 8.25. The minimum Gasteiger partial charge on any atom is -0.322 e. The van der Waals surface area contributed by atoms with Crippen molar-refractivity contribution in [2.24, 2.45) is 0 Å². The van der Waals surface area contributed by atoms with Crippen molar-refractivity contribution in [3.63, 3.8) is 0 Å². The number of hydrogen-bond donors (Lipinski definition) is 1. The SMILES string of the molecule is O=C(Nc1ccc(F)c([N+](=O)[O-])c1)c1cc(S(=O)(=O)N2CCCC2)ccc1Cl. The zero-order valence-corrected chi connectivity index (χ0v) is 16.0. The summed E-state index contributed by atoms with van der Waals surface area (Å²) < 4.78 is 40.1. The van der Waals surface area contributed by atoms with E-state index in [0.717, 1.165) is 37.1 Å². The van der Waals surface area contributed by atoms with Crippen molar-refractivity contribution in [1.82, 2.24) is 4.31 Å². The molecule has 148 valence electrons. The van der Waals surface area contributed by atoms with Gasteiger partial charge in [-0.05, 0) is 43.2 Å². The van der Waals surface area contributed by atoms with Crippen molar-refractivity contribution in [3.05, 3.63) is 62.9 Å². The smallest absolute Gasteiger partial charge is 0.306 e. The third-order valence-corrected chi connectivity index (χ3v) is 6.51. The average molecular weight is 428 g/mol. The molecule has 1 heterocycles. The van der Waals surface area contributed by atoms with Gasteiger partial charge >= 0.3 is 5.69 Å². The van der Waals surface area contributed by atoms with Crippen molar-refractivity contribution in [2.75, 3.05) is 18.4 Å². The van der Waals surface area contributed by atoms with E-state index in [-0.39, 0.29) is 21.2 Å². The van der Waals surface area contributed by atoms with Crippen LogP contribution in [-0.2, 0) is 10.0 Å². The van der Waals surface area contributed by atoms with E-state index in [0.29, 0.717) is 13.1 Å². The molecule has 1 aliphatic heterocycles. The van der Waals surface area contributed by atoms with Crippen molar-refractivity contribution >= 4 is 38.9 Å². The van der Waals surface area contributed by atoms with E-state index in [1.54, 1.807) is 0 Å². The van der Waals surface area contributed by atoms with Crippen LogP contribution in [0.2, 0.25) is 5.02 Å². The van der Waals surface area contributed by atoms with Crippen LogP contribution in [0.5, 0.6) is 0 Å². The van der Waals surface area contributed by atoms with Gasteiger partial charge in [-0.3, -0.25) is 14.9 Å². The molecule has 0 aromatic heterocycles. The molecule has 2 aromatic rings. The molecule has 3 rings (SSSR count). The molecule has 1 fully saturated rings. The number of halogens is 2. The summed E-state index contributed by atoms with van der Waals surface area (Å²) in [5.74, 6) is -1.82. The van der Waals surface area contributed by atoms with Gasteiger partial charge in [0.1, 0.15) is 0 Å². The Morgan fingerprint density at radius 3 is 2.50 bits per heavy atom. The van der Waals surface area contributed by atoms with Crippen LogP contribution in [-0.4, -0.2) is 36.6 Å². The summed E-state index contributed by atoms with van der Waals surface area (Å²) in [6.45, 7) is 0.817. The van der Waals surface area contributed by atoms with E-state index in [1.165, 1.54) is 16.4 Å². The molecule has 0 saturated carbocycles. The molecule has 8 nitrogen and oxygen atoms in total. The van der Waals surface area contributed by atoms with E-state index in [1.807, 2.05) is 0 Å². The van der Waals surface area contributed by atoms with Gasteiger partial charge in [0.15, 0.2) is 0 Å². The zero-order chi connectivity index (χ0) is 20.5. The van der Waals surface area contributed by atoms with Crippen LogP contribution < -0.4 is 5.32 Å². The second-order valence-electron chi connectivity index (χ2n) is 6.13. The maximum Gasteiger partial charge on any atom is 0.306 e. The minimum absolute atomic E-state index is 0.00878. The fraction of sp³-hybridized carbons (Fsp3) is 0.235. The standard InChI is InChI=1S/C17H15ClFN3O5S/c18-14-5-4-12(28(26,27)21-7-1-2-8-21)10-13(14)17(23)20-11-3-6-15(19)16(9-11)22(24)25/h3-6,9-10H,1-2,7-8H2,(H,20,23). The van der Waals surface area contributed by atoms with Crippen LogP contribution in [0.3, 0.4) is 0 Å². The molecular formula is C17H15ClFN3O5S. The molecule has 0 bridgehead atoms. The number of sulfonamides is 1. The van der Waals surface area contributed by atoms with Gasteiger partial charge in [-0.1, -0.05) is 11.6 Å². The summed E-state index contributed by atoms with van der Waals surface area (Å²) in [6.07, 6.45) is 1.53. The number of benzene rings is 2. The summed E-state index contributed by atoms with van der Waals surface area (Å²) >= 11 is 6.04. The van der Waals surface area contributed by atoms with E-state index >= 15 is 0 Å². The number of nitrogens with one attached hydrogen (secondary N) is 1. The van der Waals surface area contributed by atoms with Gasteiger partial charge in [0, 0.05) is 24.8 Å².